The molecule has 4 rings (SSSR count). The Bertz CT molecular complexity index is 850. The summed E-state index contributed by atoms with van der Waals surface area (Å²) in [6.45, 7) is 8.43. The molecule has 2 aromatic rings. The summed E-state index contributed by atoms with van der Waals surface area (Å²) in [5.74, 6) is 3.03. The van der Waals surface area contributed by atoms with E-state index in [2.05, 4.69) is 20.4 Å². The molecular weight excluding hydrogens is 392 g/mol. The summed E-state index contributed by atoms with van der Waals surface area (Å²) in [5.41, 5.74) is 0.873. The number of benzene rings is 1. The SMILES string of the molecule is COc1cc2nc(N3CCNCC3)nc(NCCCCCN3CCCC3)c2cc1OC. The number of piperazine rings is 1. The van der Waals surface area contributed by atoms with E-state index >= 15 is 0 Å². The predicted octanol–water partition coefficient (Wildman–Crippen LogP) is 2.73. The maximum absolute atomic E-state index is 5.52. The van der Waals surface area contributed by atoms with Gasteiger partial charge in [-0.1, -0.05) is 6.42 Å². The van der Waals surface area contributed by atoms with Gasteiger partial charge in [0.1, 0.15) is 5.82 Å². The summed E-state index contributed by atoms with van der Waals surface area (Å²) in [7, 11) is 3.32. The van der Waals surface area contributed by atoms with Crippen LogP contribution in [-0.4, -0.2) is 81.4 Å². The van der Waals surface area contributed by atoms with E-state index in [1.165, 1.54) is 45.3 Å². The molecule has 170 valence electrons. The zero-order chi connectivity index (χ0) is 21.5. The molecule has 1 aromatic carbocycles. The smallest absolute Gasteiger partial charge is 0.227 e. The van der Waals surface area contributed by atoms with Gasteiger partial charge in [-0.2, -0.15) is 4.98 Å². The van der Waals surface area contributed by atoms with Crippen LogP contribution in [0.4, 0.5) is 11.8 Å². The standard InChI is InChI=1S/C23H36N6O2/c1-30-20-16-18-19(17-21(20)31-2)26-23(29-14-9-24-10-15-29)27-22(18)25-8-4-3-5-11-28-12-6-7-13-28/h16-17,24H,3-15H2,1-2H3,(H,25,26,27). The number of fused-ring (bicyclic) bond motifs is 1. The van der Waals surface area contributed by atoms with Crippen molar-refractivity contribution in [1.29, 1.82) is 0 Å². The number of aromatic nitrogens is 2. The first-order valence-corrected chi connectivity index (χ1v) is 11.6. The number of hydrogen-bond donors (Lipinski definition) is 2. The Labute approximate surface area is 185 Å². The van der Waals surface area contributed by atoms with Crippen LogP contribution in [0.25, 0.3) is 10.9 Å². The molecule has 31 heavy (non-hydrogen) atoms. The average molecular weight is 429 g/mol. The Morgan fingerprint density at radius 2 is 1.68 bits per heavy atom. The molecule has 2 aliphatic heterocycles. The van der Waals surface area contributed by atoms with Gasteiger partial charge in [-0.3, -0.25) is 0 Å². The molecule has 2 fully saturated rings. The van der Waals surface area contributed by atoms with Crippen molar-refractivity contribution in [2.45, 2.75) is 32.1 Å². The van der Waals surface area contributed by atoms with Gasteiger partial charge in [0.2, 0.25) is 5.95 Å². The summed E-state index contributed by atoms with van der Waals surface area (Å²) in [6.07, 6.45) is 6.37. The largest absolute Gasteiger partial charge is 0.493 e. The van der Waals surface area contributed by atoms with Crippen molar-refractivity contribution < 1.29 is 9.47 Å². The van der Waals surface area contributed by atoms with Crippen LogP contribution in [0.1, 0.15) is 32.1 Å². The molecule has 2 aliphatic rings. The second kappa shape index (κ2) is 10.8. The number of nitrogens with one attached hydrogen (secondary N) is 2. The molecule has 0 unspecified atom stereocenters. The molecule has 8 heteroatoms. The monoisotopic (exact) mass is 428 g/mol. The minimum absolute atomic E-state index is 0.688. The average Bonchev–Trinajstić information content (AvgIpc) is 3.34. The zero-order valence-electron chi connectivity index (χ0n) is 19.0. The van der Waals surface area contributed by atoms with Crippen LogP contribution in [0.5, 0.6) is 11.5 Å². The predicted molar refractivity (Wildman–Crippen MR) is 126 cm³/mol. The molecule has 3 heterocycles. The minimum Gasteiger partial charge on any atom is -0.493 e. The highest BCUT2D eigenvalue weighted by Gasteiger charge is 2.18. The number of ether oxygens (including phenoxy) is 2. The van der Waals surface area contributed by atoms with E-state index in [1.807, 2.05) is 12.1 Å². The number of nitrogens with zero attached hydrogens (tertiary/aromatic N) is 4. The van der Waals surface area contributed by atoms with Crippen LogP contribution in [0.2, 0.25) is 0 Å². The van der Waals surface area contributed by atoms with Gasteiger partial charge in [0.05, 0.1) is 19.7 Å². The van der Waals surface area contributed by atoms with E-state index in [0.717, 1.165) is 61.8 Å². The molecule has 0 saturated carbocycles. The molecule has 8 nitrogen and oxygen atoms in total. The molecule has 0 spiro atoms. The number of unbranched alkanes of at least 4 members (excludes halogenated alkanes) is 2. The van der Waals surface area contributed by atoms with Gasteiger partial charge < -0.3 is 29.9 Å². The fourth-order valence-electron chi connectivity index (χ4n) is 4.43. The van der Waals surface area contributed by atoms with E-state index in [9.17, 15) is 0 Å². The Balaban J connectivity index is 1.47. The summed E-state index contributed by atoms with van der Waals surface area (Å²) in [6, 6.07) is 3.92. The molecule has 0 aliphatic carbocycles. The van der Waals surface area contributed by atoms with Gasteiger partial charge in [0.15, 0.2) is 11.5 Å². The molecule has 2 saturated heterocycles. The highest BCUT2D eigenvalue weighted by Crippen LogP contribution is 2.35. The van der Waals surface area contributed by atoms with Crippen LogP contribution >= 0.6 is 0 Å². The lowest BCUT2D eigenvalue weighted by Crippen LogP contribution is -2.44. The summed E-state index contributed by atoms with van der Waals surface area (Å²) < 4.78 is 11.0. The molecular formula is C23H36N6O2. The van der Waals surface area contributed by atoms with Gasteiger partial charge in [0, 0.05) is 44.2 Å². The van der Waals surface area contributed by atoms with Crippen molar-refractivity contribution in [1.82, 2.24) is 20.2 Å². The zero-order valence-corrected chi connectivity index (χ0v) is 19.0. The number of methoxy groups -OCH3 is 2. The Kier molecular flexibility index (Phi) is 7.64. The van der Waals surface area contributed by atoms with Gasteiger partial charge in [0.25, 0.3) is 0 Å². The first-order valence-electron chi connectivity index (χ1n) is 11.6. The molecule has 2 N–H and O–H groups in total. The third-order valence-electron chi connectivity index (χ3n) is 6.23. The van der Waals surface area contributed by atoms with Crippen LogP contribution in [0, 0.1) is 0 Å². The first-order chi connectivity index (χ1) is 15.3. The van der Waals surface area contributed by atoms with Gasteiger partial charge in [-0.15, -0.1) is 0 Å². The van der Waals surface area contributed by atoms with E-state index in [0.29, 0.717) is 11.5 Å². The lowest BCUT2D eigenvalue weighted by atomic mass is 10.2. The second-order valence-corrected chi connectivity index (χ2v) is 8.37. The van der Waals surface area contributed by atoms with E-state index < -0.39 is 0 Å². The maximum Gasteiger partial charge on any atom is 0.227 e. The van der Waals surface area contributed by atoms with Gasteiger partial charge in [-0.05, 0) is 51.4 Å². The van der Waals surface area contributed by atoms with E-state index in [-0.39, 0.29) is 0 Å². The topological polar surface area (TPSA) is 74.8 Å². The third kappa shape index (κ3) is 5.49. The highest BCUT2D eigenvalue weighted by molar-refractivity contribution is 5.92. The molecule has 0 radical (unpaired) electrons. The highest BCUT2D eigenvalue weighted by atomic mass is 16.5. The van der Waals surface area contributed by atoms with Crippen molar-refractivity contribution in [2.24, 2.45) is 0 Å². The number of likely N-dealkylation sites (tertiary alicyclic amines) is 1. The lowest BCUT2D eigenvalue weighted by molar-refractivity contribution is 0.329. The summed E-state index contributed by atoms with van der Waals surface area (Å²) >= 11 is 0. The molecule has 0 atom stereocenters. The fourth-order valence-corrected chi connectivity index (χ4v) is 4.43. The third-order valence-corrected chi connectivity index (χ3v) is 6.23. The summed E-state index contributed by atoms with van der Waals surface area (Å²) in [5, 5.41) is 7.94. The maximum atomic E-state index is 5.52. The first kappa shape index (κ1) is 21.9. The van der Waals surface area contributed by atoms with Crippen LogP contribution in [0.3, 0.4) is 0 Å². The molecule has 1 aromatic heterocycles. The van der Waals surface area contributed by atoms with Crippen molar-refractivity contribution in [3.8, 4) is 11.5 Å². The van der Waals surface area contributed by atoms with Gasteiger partial charge in [-0.25, -0.2) is 4.98 Å². The quantitative estimate of drug-likeness (QED) is 0.560. The van der Waals surface area contributed by atoms with Crippen molar-refractivity contribution in [3.63, 3.8) is 0 Å². The van der Waals surface area contributed by atoms with Crippen LogP contribution in [-0.2, 0) is 0 Å². The summed E-state index contributed by atoms with van der Waals surface area (Å²) in [4.78, 5) is 14.6. The number of rotatable bonds is 10. The lowest BCUT2D eigenvalue weighted by Gasteiger charge is -2.28. The number of hydrogen-bond acceptors (Lipinski definition) is 8. The van der Waals surface area contributed by atoms with Crippen molar-refractivity contribution in [3.05, 3.63) is 12.1 Å². The van der Waals surface area contributed by atoms with Crippen LogP contribution < -0.4 is 25.0 Å². The van der Waals surface area contributed by atoms with E-state index in [4.69, 9.17) is 19.4 Å². The van der Waals surface area contributed by atoms with Gasteiger partial charge >= 0.3 is 0 Å². The normalized spacial score (nSPS) is 17.3. The molecule has 0 amide bonds. The Hall–Kier alpha value is -2.32. The molecule has 0 bridgehead atoms. The number of anilines is 2. The fraction of sp³-hybridized carbons (Fsp3) is 0.652. The second-order valence-electron chi connectivity index (χ2n) is 8.37. The Morgan fingerprint density at radius 1 is 0.935 bits per heavy atom. The minimum atomic E-state index is 0.688. The van der Waals surface area contributed by atoms with E-state index in [1.54, 1.807) is 14.2 Å². The van der Waals surface area contributed by atoms with Crippen molar-refractivity contribution in [2.75, 3.05) is 76.8 Å². The van der Waals surface area contributed by atoms with Crippen molar-refractivity contribution >= 4 is 22.7 Å². The Morgan fingerprint density at radius 3 is 2.42 bits per heavy atom. The van der Waals surface area contributed by atoms with Crippen LogP contribution in [0.15, 0.2) is 12.1 Å².